The fourth-order valence-electron chi connectivity index (χ4n) is 2.96. The van der Waals surface area contributed by atoms with Crippen LogP contribution in [0.3, 0.4) is 0 Å². The molecule has 148 valence electrons. The standard InChI is InChI=1S/C19H34N4O2S/c1-3-20-19(21-9-5-6-12-24-4-2)22-16-17(18-8-7-15-26-18)23-10-13-25-14-11-23/h7-8,15,17H,3-6,9-14,16H2,1-2H3,(H2,20,21,22). The molecule has 2 N–H and O–H groups in total. The Hall–Kier alpha value is -1.15. The van der Waals surface area contributed by atoms with Crippen LogP contribution in [0.5, 0.6) is 0 Å². The van der Waals surface area contributed by atoms with Gasteiger partial charge >= 0.3 is 0 Å². The van der Waals surface area contributed by atoms with Crippen LogP contribution >= 0.6 is 11.3 Å². The van der Waals surface area contributed by atoms with Gasteiger partial charge in [-0.1, -0.05) is 6.07 Å². The van der Waals surface area contributed by atoms with Crippen LogP contribution in [0.15, 0.2) is 22.5 Å². The van der Waals surface area contributed by atoms with Crippen LogP contribution in [-0.4, -0.2) is 70.0 Å². The van der Waals surface area contributed by atoms with Crippen molar-refractivity contribution < 1.29 is 9.47 Å². The van der Waals surface area contributed by atoms with E-state index in [2.05, 4.69) is 40.0 Å². The van der Waals surface area contributed by atoms with Crippen molar-refractivity contribution in [3.8, 4) is 0 Å². The average Bonchev–Trinajstić information content (AvgIpc) is 3.20. The molecule has 0 spiro atoms. The van der Waals surface area contributed by atoms with Gasteiger partial charge in [-0.15, -0.1) is 11.3 Å². The molecule has 1 aromatic heterocycles. The average molecular weight is 383 g/mol. The largest absolute Gasteiger partial charge is 0.382 e. The summed E-state index contributed by atoms with van der Waals surface area (Å²) in [5, 5.41) is 8.95. The highest BCUT2D eigenvalue weighted by molar-refractivity contribution is 7.10. The maximum atomic E-state index is 5.52. The van der Waals surface area contributed by atoms with Gasteiger partial charge in [0, 0.05) is 44.3 Å². The number of nitrogens with one attached hydrogen (secondary N) is 2. The lowest BCUT2D eigenvalue weighted by atomic mass is 10.2. The molecule has 2 heterocycles. The number of ether oxygens (including phenoxy) is 2. The molecule has 1 aliphatic rings. The second kappa shape index (κ2) is 13.1. The normalized spacial score (nSPS) is 17.2. The van der Waals surface area contributed by atoms with Gasteiger partial charge in [-0.2, -0.15) is 0 Å². The van der Waals surface area contributed by atoms with Crippen LogP contribution in [0.2, 0.25) is 0 Å². The number of unbranched alkanes of at least 4 members (excludes halogenated alkanes) is 1. The topological polar surface area (TPSA) is 58.1 Å². The molecule has 0 saturated carbocycles. The summed E-state index contributed by atoms with van der Waals surface area (Å²) in [4.78, 5) is 8.73. The van der Waals surface area contributed by atoms with Crippen LogP contribution in [0.25, 0.3) is 0 Å². The molecule has 0 amide bonds. The van der Waals surface area contributed by atoms with Crippen LogP contribution in [-0.2, 0) is 9.47 Å². The lowest BCUT2D eigenvalue weighted by Crippen LogP contribution is -2.41. The predicted molar refractivity (Wildman–Crippen MR) is 109 cm³/mol. The lowest BCUT2D eigenvalue weighted by molar-refractivity contribution is 0.0186. The van der Waals surface area contributed by atoms with Gasteiger partial charge in [-0.25, -0.2) is 0 Å². The first-order valence-electron chi connectivity index (χ1n) is 9.80. The van der Waals surface area contributed by atoms with Crippen LogP contribution < -0.4 is 10.6 Å². The zero-order chi connectivity index (χ0) is 18.5. The zero-order valence-electron chi connectivity index (χ0n) is 16.2. The number of aliphatic imine (C=N–C) groups is 1. The molecule has 0 aliphatic carbocycles. The van der Waals surface area contributed by atoms with E-state index in [-0.39, 0.29) is 0 Å². The first kappa shape index (κ1) is 21.2. The molecule has 0 aromatic carbocycles. The number of nitrogens with zero attached hydrogens (tertiary/aromatic N) is 2. The Bertz CT molecular complexity index is 490. The van der Waals surface area contributed by atoms with E-state index in [1.165, 1.54) is 4.88 Å². The number of hydrogen-bond donors (Lipinski definition) is 2. The third kappa shape index (κ3) is 7.61. The van der Waals surface area contributed by atoms with E-state index in [0.29, 0.717) is 6.04 Å². The Morgan fingerprint density at radius 2 is 2.15 bits per heavy atom. The number of morpholine rings is 1. The molecule has 1 unspecified atom stereocenters. The summed E-state index contributed by atoms with van der Waals surface area (Å²) in [6.07, 6.45) is 2.16. The maximum Gasteiger partial charge on any atom is 0.191 e. The Morgan fingerprint density at radius 3 is 2.85 bits per heavy atom. The van der Waals surface area contributed by atoms with Gasteiger partial charge in [0.05, 0.1) is 25.8 Å². The highest BCUT2D eigenvalue weighted by Gasteiger charge is 2.23. The van der Waals surface area contributed by atoms with Crippen LogP contribution in [0, 0.1) is 0 Å². The van der Waals surface area contributed by atoms with E-state index in [9.17, 15) is 0 Å². The van der Waals surface area contributed by atoms with Gasteiger partial charge in [0.25, 0.3) is 0 Å². The van der Waals surface area contributed by atoms with Crippen molar-refractivity contribution in [3.63, 3.8) is 0 Å². The van der Waals surface area contributed by atoms with E-state index < -0.39 is 0 Å². The van der Waals surface area contributed by atoms with Crippen molar-refractivity contribution in [2.24, 2.45) is 4.99 Å². The minimum Gasteiger partial charge on any atom is -0.382 e. The molecule has 1 atom stereocenters. The summed E-state index contributed by atoms with van der Waals surface area (Å²) >= 11 is 1.81. The van der Waals surface area contributed by atoms with Crippen molar-refractivity contribution in [2.45, 2.75) is 32.7 Å². The zero-order valence-corrected chi connectivity index (χ0v) is 17.0. The fraction of sp³-hybridized carbons (Fsp3) is 0.737. The second-order valence-corrected chi connectivity index (χ2v) is 7.21. The van der Waals surface area contributed by atoms with E-state index in [4.69, 9.17) is 14.5 Å². The Labute approximate surface area is 162 Å². The van der Waals surface area contributed by atoms with Crippen LogP contribution in [0.4, 0.5) is 0 Å². The molecule has 0 radical (unpaired) electrons. The molecule has 6 nitrogen and oxygen atoms in total. The van der Waals surface area contributed by atoms with Crippen molar-refractivity contribution in [2.75, 3.05) is 59.2 Å². The van der Waals surface area contributed by atoms with Gasteiger partial charge in [0.1, 0.15) is 0 Å². The predicted octanol–water partition coefficient (Wildman–Crippen LogP) is 2.49. The summed E-state index contributed by atoms with van der Waals surface area (Å²) < 4.78 is 10.9. The first-order valence-corrected chi connectivity index (χ1v) is 10.7. The maximum absolute atomic E-state index is 5.52. The Morgan fingerprint density at radius 1 is 1.31 bits per heavy atom. The van der Waals surface area contributed by atoms with E-state index in [1.807, 2.05) is 18.3 Å². The smallest absolute Gasteiger partial charge is 0.191 e. The quantitative estimate of drug-likeness (QED) is 0.350. The summed E-state index contributed by atoms with van der Waals surface area (Å²) in [5.74, 6) is 0.902. The van der Waals surface area contributed by atoms with Crippen molar-refractivity contribution in [1.82, 2.24) is 15.5 Å². The molecule has 1 saturated heterocycles. The summed E-state index contributed by atoms with van der Waals surface area (Å²) in [5.41, 5.74) is 0. The third-order valence-electron chi connectivity index (χ3n) is 4.34. The molecule has 26 heavy (non-hydrogen) atoms. The summed E-state index contributed by atoms with van der Waals surface area (Å²) in [7, 11) is 0. The van der Waals surface area contributed by atoms with E-state index >= 15 is 0 Å². The molecule has 2 rings (SSSR count). The Kier molecular flexibility index (Phi) is 10.6. The minimum absolute atomic E-state index is 0.326. The number of hydrogen-bond acceptors (Lipinski definition) is 5. The Balaban J connectivity index is 1.88. The molecule has 1 aromatic rings. The third-order valence-corrected chi connectivity index (χ3v) is 5.31. The molecule has 1 fully saturated rings. The first-order chi connectivity index (χ1) is 12.8. The SMILES string of the molecule is CCNC(=NCC(c1cccs1)N1CCOCC1)NCCCCOCC. The molecule has 1 aliphatic heterocycles. The molecular formula is C19H34N4O2S. The van der Waals surface area contributed by atoms with Gasteiger partial charge in [0.2, 0.25) is 0 Å². The summed E-state index contributed by atoms with van der Waals surface area (Å²) in [6.45, 7) is 11.9. The van der Waals surface area contributed by atoms with E-state index in [0.717, 1.165) is 78.0 Å². The van der Waals surface area contributed by atoms with Gasteiger partial charge in [-0.3, -0.25) is 9.89 Å². The number of rotatable bonds is 11. The lowest BCUT2D eigenvalue weighted by Gasteiger charge is -2.33. The van der Waals surface area contributed by atoms with Crippen molar-refractivity contribution in [3.05, 3.63) is 22.4 Å². The molecular weight excluding hydrogens is 348 g/mol. The minimum atomic E-state index is 0.326. The fourth-order valence-corrected chi connectivity index (χ4v) is 3.81. The second-order valence-electron chi connectivity index (χ2n) is 6.23. The highest BCUT2D eigenvalue weighted by atomic mass is 32.1. The van der Waals surface area contributed by atoms with Crippen LogP contribution in [0.1, 0.15) is 37.6 Å². The number of thiophene rings is 1. The van der Waals surface area contributed by atoms with Crippen molar-refractivity contribution >= 4 is 17.3 Å². The molecule has 0 bridgehead atoms. The van der Waals surface area contributed by atoms with Gasteiger partial charge in [-0.05, 0) is 38.1 Å². The monoisotopic (exact) mass is 382 g/mol. The van der Waals surface area contributed by atoms with Crippen molar-refractivity contribution in [1.29, 1.82) is 0 Å². The van der Waals surface area contributed by atoms with E-state index in [1.54, 1.807) is 0 Å². The number of guanidine groups is 1. The molecule has 7 heteroatoms. The highest BCUT2D eigenvalue weighted by Crippen LogP contribution is 2.26. The van der Waals surface area contributed by atoms with Gasteiger partial charge in [0.15, 0.2) is 5.96 Å². The summed E-state index contributed by atoms with van der Waals surface area (Å²) in [6, 6.07) is 4.67. The van der Waals surface area contributed by atoms with Gasteiger partial charge < -0.3 is 20.1 Å².